The maximum absolute atomic E-state index is 13.1. The molecular weight excluding hydrogens is 369 g/mol. The molecule has 8 heteroatoms. The van der Waals surface area contributed by atoms with Crippen LogP contribution in [0.3, 0.4) is 0 Å². The Morgan fingerprint density at radius 1 is 1.11 bits per heavy atom. The van der Waals surface area contributed by atoms with Gasteiger partial charge >= 0.3 is 6.18 Å². The Hall–Kier alpha value is -3.86. The highest BCUT2D eigenvalue weighted by Gasteiger charge is 2.33. The van der Waals surface area contributed by atoms with Gasteiger partial charge in [-0.25, -0.2) is 0 Å². The molecule has 0 spiro atoms. The zero-order valence-corrected chi connectivity index (χ0v) is 14.3. The van der Waals surface area contributed by atoms with Crippen molar-refractivity contribution >= 4 is 17.7 Å². The SMILES string of the molecule is N#C/C(=C\c1cn[nH]c1-c1ccccc1)C(=O)Nc1ccccc1C(F)(F)F. The monoisotopic (exact) mass is 382 g/mol. The predicted molar refractivity (Wildman–Crippen MR) is 97.7 cm³/mol. The first-order valence-electron chi connectivity index (χ1n) is 8.08. The van der Waals surface area contributed by atoms with Crippen LogP contribution in [0.1, 0.15) is 11.1 Å². The minimum Gasteiger partial charge on any atom is -0.321 e. The maximum atomic E-state index is 13.1. The van der Waals surface area contributed by atoms with E-state index in [-0.39, 0.29) is 5.57 Å². The normalized spacial score (nSPS) is 11.7. The Kier molecular flexibility index (Phi) is 5.27. The van der Waals surface area contributed by atoms with Crippen molar-refractivity contribution < 1.29 is 18.0 Å². The average molecular weight is 382 g/mol. The third-order valence-corrected chi connectivity index (χ3v) is 3.88. The third-order valence-electron chi connectivity index (χ3n) is 3.88. The number of amides is 1. The first-order chi connectivity index (χ1) is 13.4. The molecule has 0 fully saturated rings. The zero-order valence-electron chi connectivity index (χ0n) is 14.3. The van der Waals surface area contributed by atoms with Crippen molar-refractivity contribution in [3.63, 3.8) is 0 Å². The molecule has 2 aromatic carbocycles. The van der Waals surface area contributed by atoms with E-state index in [0.717, 1.165) is 17.7 Å². The predicted octanol–water partition coefficient (Wildman–Crippen LogP) is 4.64. The lowest BCUT2D eigenvalue weighted by Gasteiger charge is -2.13. The summed E-state index contributed by atoms with van der Waals surface area (Å²) >= 11 is 0. The van der Waals surface area contributed by atoms with Gasteiger partial charge < -0.3 is 5.32 Å². The molecule has 28 heavy (non-hydrogen) atoms. The first kappa shape index (κ1) is 18.9. The number of aromatic nitrogens is 2. The van der Waals surface area contributed by atoms with E-state index in [9.17, 15) is 23.2 Å². The molecule has 0 atom stereocenters. The van der Waals surface area contributed by atoms with Crippen molar-refractivity contribution in [1.82, 2.24) is 10.2 Å². The lowest BCUT2D eigenvalue weighted by atomic mass is 10.1. The van der Waals surface area contributed by atoms with Gasteiger partial charge in [-0.1, -0.05) is 42.5 Å². The van der Waals surface area contributed by atoms with E-state index in [1.807, 2.05) is 30.3 Å². The summed E-state index contributed by atoms with van der Waals surface area (Å²) in [4.78, 5) is 12.4. The number of aromatic amines is 1. The quantitative estimate of drug-likeness (QED) is 0.509. The van der Waals surface area contributed by atoms with Gasteiger partial charge in [0.05, 0.1) is 23.1 Å². The van der Waals surface area contributed by atoms with E-state index in [4.69, 9.17) is 0 Å². The molecule has 1 amide bonds. The van der Waals surface area contributed by atoms with Crippen LogP contribution in [0.15, 0.2) is 66.4 Å². The lowest BCUT2D eigenvalue weighted by Crippen LogP contribution is -2.17. The van der Waals surface area contributed by atoms with Crippen molar-refractivity contribution in [1.29, 1.82) is 5.26 Å². The fraction of sp³-hybridized carbons (Fsp3) is 0.0500. The molecule has 0 saturated carbocycles. The fourth-order valence-electron chi connectivity index (χ4n) is 2.57. The van der Waals surface area contributed by atoms with Gasteiger partial charge in [0.15, 0.2) is 0 Å². The summed E-state index contributed by atoms with van der Waals surface area (Å²) in [5.74, 6) is -0.945. The zero-order chi connectivity index (χ0) is 20.1. The van der Waals surface area contributed by atoms with Gasteiger partial charge in [0, 0.05) is 11.1 Å². The Balaban J connectivity index is 1.91. The standard InChI is InChI=1S/C20H13F3N4O/c21-20(22,23)16-8-4-5-9-17(16)26-19(28)14(11-24)10-15-12-25-27-18(15)13-6-2-1-3-7-13/h1-10,12H,(H,25,27)(H,26,28)/b14-10+. The van der Waals surface area contributed by atoms with Gasteiger partial charge in [-0.3, -0.25) is 9.89 Å². The summed E-state index contributed by atoms with van der Waals surface area (Å²) in [6, 6.07) is 15.4. The summed E-state index contributed by atoms with van der Waals surface area (Å²) in [7, 11) is 0. The van der Waals surface area contributed by atoms with Crippen molar-refractivity contribution in [3.8, 4) is 17.3 Å². The Morgan fingerprint density at radius 2 is 1.79 bits per heavy atom. The molecule has 2 N–H and O–H groups in total. The second-order valence-corrected chi connectivity index (χ2v) is 5.73. The number of carbonyl (C=O) groups excluding carboxylic acids is 1. The minimum absolute atomic E-state index is 0.351. The van der Waals surface area contributed by atoms with Crippen LogP contribution in [-0.2, 0) is 11.0 Å². The van der Waals surface area contributed by atoms with Crippen LogP contribution in [0.2, 0.25) is 0 Å². The number of benzene rings is 2. The number of nitrogens with one attached hydrogen (secondary N) is 2. The van der Waals surface area contributed by atoms with Crippen molar-refractivity contribution in [2.75, 3.05) is 5.32 Å². The van der Waals surface area contributed by atoms with Gasteiger partial charge in [-0.2, -0.15) is 23.5 Å². The highest BCUT2D eigenvalue weighted by atomic mass is 19.4. The summed E-state index contributed by atoms with van der Waals surface area (Å²) in [5.41, 5.74) is 0.0614. The van der Waals surface area contributed by atoms with Gasteiger partial charge in [0.1, 0.15) is 11.6 Å². The number of nitrogens with zero attached hydrogens (tertiary/aromatic N) is 2. The molecule has 5 nitrogen and oxygen atoms in total. The Morgan fingerprint density at radius 3 is 2.46 bits per heavy atom. The van der Waals surface area contributed by atoms with Crippen LogP contribution in [0.4, 0.5) is 18.9 Å². The minimum atomic E-state index is -4.63. The molecular formula is C20H13F3N4O. The summed E-state index contributed by atoms with van der Waals surface area (Å²) < 4.78 is 39.3. The summed E-state index contributed by atoms with van der Waals surface area (Å²) in [5, 5.41) is 18.2. The summed E-state index contributed by atoms with van der Waals surface area (Å²) in [6.07, 6.45) is -1.93. The van der Waals surface area contributed by atoms with E-state index in [1.54, 1.807) is 6.07 Å². The second-order valence-electron chi connectivity index (χ2n) is 5.73. The number of nitriles is 1. The fourth-order valence-corrected chi connectivity index (χ4v) is 2.57. The number of alkyl halides is 3. The van der Waals surface area contributed by atoms with E-state index >= 15 is 0 Å². The molecule has 0 bridgehead atoms. The summed E-state index contributed by atoms with van der Waals surface area (Å²) in [6.45, 7) is 0. The van der Waals surface area contributed by atoms with E-state index in [2.05, 4.69) is 15.5 Å². The molecule has 0 radical (unpaired) electrons. The smallest absolute Gasteiger partial charge is 0.321 e. The molecule has 0 aliphatic rings. The molecule has 140 valence electrons. The number of para-hydroxylation sites is 1. The largest absolute Gasteiger partial charge is 0.418 e. The van der Waals surface area contributed by atoms with Gasteiger partial charge in [0.25, 0.3) is 5.91 Å². The molecule has 3 aromatic rings. The molecule has 1 heterocycles. The number of hydrogen-bond donors (Lipinski definition) is 2. The highest BCUT2D eigenvalue weighted by molar-refractivity contribution is 6.10. The van der Waals surface area contributed by atoms with Crippen molar-refractivity contribution in [3.05, 3.63) is 77.5 Å². The number of H-pyrrole nitrogens is 1. The second kappa shape index (κ2) is 7.80. The number of rotatable bonds is 4. The van der Waals surface area contributed by atoms with Crippen LogP contribution >= 0.6 is 0 Å². The average Bonchev–Trinajstić information content (AvgIpc) is 3.14. The number of halogens is 3. The maximum Gasteiger partial charge on any atom is 0.418 e. The van der Waals surface area contributed by atoms with E-state index in [0.29, 0.717) is 11.3 Å². The Bertz CT molecular complexity index is 1060. The van der Waals surface area contributed by atoms with Gasteiger partial charge in [0.2, 0.25) is 0 Å². The number of hydrogen-bond acceptors (Lipinski definition) is 3. The van der Waals surface area contributed by atoms with Crippen LogP contribution < -0.4 is 5.32 Å². The van der Waals surface area contributed by atoms with E-state index < -0.39 is 23.3 Å². The van der Waals surface area contributed by atoms with E-state index in [1.165, 1.54) is 24.4 Å². The highest BCUT2D eigenvalue weighted by Crippen LogP contribution is 2.34. The van der Waals surface area contributed by atoms with Crippen LogP contribution in [-0.4, -0.2) is 16.1 Å². The third kappa shape index (κ3) is 4.10. The van der Waals surface area contributed by atoms with Gasteiger partial charge in [-0.05, 0) is 18.2 Å². The molecule has 0 aliphatic carbocycles. The number of carbonyl (C=O) groups is 1. The molecule has 0 aliphatic heterocycles. The lowest BCUT2D eigenvalue weighted by molar-refractivity contribution is -0.137. The molecule has 1 aromatic heterocycles. The van der Waals surface area contributed by atoms with Gasteiger partial charge in [-0.15, -0.1) is 0 Å². The Labute approximate surface area is 158 Å². The molecule has 0 unspecified atom stereocenters. The van der Waals surface area contributed by atoms with Crippen LogP contribution in [0.5, 0.6) is 0 Å². The van der Waals surface area contributed by atoms with Crippen LogP contribution in [0, 0.1) is 11.3 Å². The van der Waals surface area contributed by atoms with Crippen LogP contribution in [0.25, 0.3) is 17.3 Å². The topological polar surface area (TPSA) is 81.6 Å². The molecule has 3 rings (SSSR count). The first-order valence-corrected chi connectivity index (χ1v) is 8.08. The molecule has 0 saturated heterocycles. The number of anilines is 1. The van der Waals surface area contributed by atoms with Crippen molar-refractivity contribution in [2.45, 2.75) is 6.18 Å². The van der Waals surface area contributed by atoms with Crippen molar-refractivity contribution in [2.24, 2.45) is 0 Å².